The molecular weight excluding hydrogens is 150 g/mol. The summed E-state index contributed by atoms with van der Waals surface area (Å²) >= 11 is -1.82. The Labute approximate surface area is 64.3 Å². The quantitative estimate of drug-likeness (QED) is 0.541. The van der Waals surface area contributed by atoms with Crippen molar-refractivity contribution in [1.82, 2.24) is 0 Å². The van der Waals surface area contributed by atoms with Gasteiger partial charge in [-0.05, 0) is 13.8 Å². The first-order chi connectivity index (χ1) is 4.54. The van der Waals surface area contributed by atoms with E-state index in [-0.39, 0.29) is 11.7 Å². The van der Waals surface area contributed by atoms with Gasteiger partial charge in [-0.2, -0.15) is 5.26 Å². The lowest BCUT2D eigenvalue weighted by Gasteiger charge is -1.93. The fourth-order valence-electron chi connectivity index (χ4n) is 0. The Hall–Kier alpha value is -0.400. The van der Waals surface area contributed by atoms with Gasteiger partial charge in [-0.15, -0.1) is 0 Å². The van der Waals surface area contributed by atoms with E-state index in [2.05, 4.69) is 0 Å². The van der Waals surface area contributed by atoms with Crippen LogP contribution in [0.1, 0.15) is 20.8 Å². The standard InChI is InChI=1S/C4H7N.C2H6O2S/c1-4(2)3-5;1-2-5(3)4/h4H,1-2H3;2H2,1H3,(H,3,4)/p-1. The molecule has 0 saturated heterocycles. The molecule has 0 amide bonds. The summed E-state index contributed by atoms with van der Waals surface area (Å²) in [5, 5.41) is 7.89. The van der Waals surface area contributed by atoms with Crippen LogP contribution in [0.25, 0.3) is 0 Å². The Bertz CT molecular complexity index is 128. The maximum Gasteiger partial charge on any atom is 0.0649 e. The highest BCUT2D eigenvalue weighted by Gasteiger charge is 1.78. The van der Waals surface area contributed by atoms with E-state index in [1.165, 1.54) is 0 Å². The van der Waals surface area contributed by atoms with Crippen LogP contribution in [0, 0.1) is 17.2 Å². The molecular formula is C6H12NO2S-. The topological polar surface area (TPSA) is 63.9 Å². The van der Waals surface area contributed by atoms with Crippen molar-refractivity contribution >= 4 is 11.1 Å². The molecule has 60 valence electrons. The highest BCUT2D eigenvalue weighted by molar-refractivity contribution is 7.79. The Kier molecular flexibility index (Phi) is 10.6. The zero-order valence-electron chi connectivity index (χ0n) is 6.46. The summed E-state index contributed by atoms with van der Waals surface area (Å²) in [7, 11) is 0. The van der Waals surface area contributed by atoms with Crippen molar-refractivity contribution < 1.29 is 8.76 Å². The molecule has 1 unspecified atom stereocenters. The SMILES string of the molecule is CC(C)C#N.CCS(=O)[O-]. The first kappa shape index (κ1) is 12.3. The average Bonchev–Trinajstić information content (AvgIpc) is 1.89. The number of hydrogen-bond acceptors (Lipinski definition) is 3. The molecule has 0 bridgehead atoms. The third-order valence-electron chi connectivity index (χ3n) is 0.494. The average molecular weight is 162 g/mol. The van der Waals surface area contributed by atoms with Crippen molar-refractivity contribution in [2.24, 2.45) is 5.92 Å². The first-order valence-corrected chi connectivity index (χ1v) is 4.24. The first-order valence-electron chi connectivity index (χ1n) is 3.00. The van der Waals surface area contributed by atoms with Crippen LogP contribution in [0.15, 0.2) is 0 Å². The summed E-state index contributed by atoms with van der Waals surface area (Å²) in [4.78, 5) is 0. The maximum atomic E-state index is 9.37. The van der Waals surface area contributed by atoms with Crippen molar-refractivity contribution in [3.63, 3.8) is 0 Å². The molecule has 0 spiro atoms. The molecule has 0 aromatic heterocycles. The highest BCUT2D eigenvalue weighted by atomic mass is 32.2. The lowest BCUT2D eigenvalue weighted by molar-refractivity contribution is 0.538. The van der Waals surface area contributed by atoms with Gasteiger partial charge in [0.25, 0.3) is 0 Å². The lowest BCUT2D eigenvalue weighted by atomic mass is 10.3. The molecule has 0 heterocycles. The molecule has 1 atom stereocenters. The second kappa shape index (κ2) is 8.60. The van der Waals surface area contributed by atoms with Gasteiger partial charge in [0, 0.05) is 11.7 Å². The summed E-state index contributed by atoms with van der Waals surface area (Å²) in [5.74, 6) is 0.412. The van der Waals surface area contributed by atoms with Crippen LogP contribution >= 0.6 is 0 Å². The van der Waals surface area contributed by atoms with E-state index < -0.39 is 11.1 Å². The number of rotatable bonds is 1. The van der Waals surface area contributed by atoms with Gasteiger partial charge in [0.05, 0.1) is 6.07 Å². The van der Waals surface area contributed by atoms with E-state index >= 15 is 0 Å². The number of hydrogen-bond donors (Lipinski definition) is 0. The summed E-state index contributed by atoms with van der Waals surface area (Å²) in [6, 6.07) is 2.03. The van der Waals surface area contributed by atoms with Crippen molar-refractivity contribution in [3.05, 3.63) is 0 Å². The van der Waals surface area contributed by atoms with Gasteiger partial charge in [-0.1, -0.05) is 18.0 Å². The molecule has 0 rings (SSSR count). The van der Waals surface area contributed by atoms with Gasteiger partial charge in [0.15, 0.2) is 0 Å². The van der Waals surface area contributed by atoms with Crippen LogP contribution in [0.5, 0.6) is 0 Å². The minimum atomic E-state index is -1.82. The van der Waals surface area contributed by atoms with Crippen LogP contribution in [0.4, 0.5) is 0 Å². The normalized spacial score (nSPS) is 11.2. The largest absolute Gasteiger partial charge is 0.772 e. The van der Waals surface area contributed by atoms with Gasteiger partial charge in [-0.25, -0.2) is 0 Å². The predicted molar refractivity (Wildman–Crippen MR) is 39.9 cm³/mol. The zero-order valence-corrected chi connectivity index (χ0v) is 7.27. The third-order valence-corrected chi connectivity index (χ3v) is 0.965. The molecule has 4 heteroatoms. The minimum Gasteiger partial charge on any atom is -0.772 e. The van der Waals surface area contributed by atoms with E-state index in [0.29, 0.717) is 0 Å². The fraction of sp³-hybridized carbons (Fsp3) is 0.833. The Balaban J connectivity index is 0. The van der Waals surface area contributed by atoms with Crippen molar-refractivity contribution in [2.45, 2.75) is 20.8 Å². The van der Waals surface area contributed by atoms with E-state index in [1.807, 2.05) is 19.9 Å². The van der Waals surface area contributed by atoms with Gasteiger partial charge < -0.3 is 4.55 Å². The molecule has 0 radical (unpaired) electrons. The van der Waals surface area contributed by atoms with Crippen LogP contribution in [0.3, 0.4) is 0 Å². The van der Waals surface area contributed by atoms with E-state index in [9.17, 15) is 8.76 Å². The van der Waals surface area contributed by atoms with E-state index in [1.54, 1.807) is 6.92 Å². The highest BCUT2D eigenvalue weighted by Crippen LogP contribution is 1.81. The van der Waals surface area contributed by atoms with Crippen LogP contribution < -0.4 is 0 Å². The van der Waals surface area contributed by atoms with Crippen molar-refractivity contribution in [3.8, 4) is 6.07 Å². The molecule has 0 saturated carbocycles. The molecule has 0 aliphatic heterocycles. The zero-order chi connectivity index (χ0) is 8.57. The molecule has 0 fully saturated rings. The number of nitrogens with zero attached hydrogens (tertiary/aromatic N) is 1. The molecule has 0 aliphatic rings. The number of nitriles is 1. The fourth-order valence-corrected chi connectivity index (χ4v) is 0. The molecule has 0 aromatic carbocycles. The van der Waals surface area contributed by atoms with Crippen molar-refractivity contribution in [1.29, 1.82) is 5.26 Å². The lowest BCUT2D eigenvalue weighted by Crippen LogP contribution is -1.85. The predicted octanol–water partition coefficient (Wildman–Crippen LogP) is 1.05. The molecule has 0 aliphatic carbocycles. The second-order valence-electron chi connectivity index (χ2n) is 1.88. The molecule has 3 nitrogen and oxygen atoms in total. The van der Waals surface area contributed by atoms with E-state index in [0.717, 1.165) is 0 Å². The minimum absolute atomic E-state index is 0.190. The van der Waals surface area contributed by atoms with Crippen LogP contribution in [-0.2, 0) is 11.1 Å². The van der Waals surface area contributed by atoms with Crippen LogP contribution in [0.2, 0.25) is 0 Å². The molecule has 0 N–H and O–H groups in total. The smallest absolute Gasteiger partial charge is 0.0649 e. The van der Waals surface area contributed by atoms with Gasteiger partial charge in [-0.3, -0.25) is 4.21 Å². The van der Waals surface area contributed by atoms with Crippen molar-refractivity contribution in [2.75, 3.05) is 5.75 Å². The monoisotopic (exact) mass is 162 g/mol. The van der Waals surface area contributed by atoms with E-state index in [4.69, 9.17) is 5.26 Å². The Morgan fingerprint density at radius 2 is 1.90 bits per heavy atom. The molecule has 10 heavy (non-hydrogen) atoms. The molecule has 0 aromatic rings. The Morgan fingerprint density at radius 3 is 1.90 bits per heavy atom. The summed E-state index contributed by atoms with van der Waals surface area (Å²) < 4.78 is 18.7. The summed E-state index contributed by atoms with van der Waals surface area (Å²) in [5.41, 5.74) is 0. The van der Waals surface area contributed by atoms with Crippen LogP contribution in [-0.4, -0.2) is 14.5 Å². The Morgan fingerprint density at radius 1 is 1.70 bits per heavy atom. The van der Waals surface area contributed by atoms with Gasteiger partial charge >= 0.3 is 0 Å². The summed E-state index contributed by atoms with van der Waals surface area (Å²) in [6.45, 7) is 5.31. The van der Waals surface area contributed by atoms with Gasteiger partial charge in [0.2, 0.25) is 0 Å². The van der Waals surface area contributed by atoms with Gasteiger partial charge in [0.1, 0.15) is 0 Å². The maximum absolute atomic E-state index is 9.37. The third kappa shape index (κ3) is 25.5. The summed E-state index contributed by atoms with van der Waals surface area (Å²) in [6.07, 6.45) is 0. The second-order valence-corrected chi connectivity index (χ2v) is 3.06.